The molecule has 2 aromatic carbocycles. The minimum Gasteiger partial charge on any atom is -0.319 e. The lowest BCUT2D eigenvalue weighted by atomic mass is 10.1. The van der Waals surface area contributed by atoms with Crippen LogP contribution in [-0.2, 0) is 11.3 Å². The average Bonchev–Trinajstić information content (AvgIpc) is 2.78. The topological polar surface area (TPSA) is 62.3 Å². The molecule has 5 nitrogen and oxygen atoms in total. The van der Waals surface area contributed by atoms with Crippen LogP contribution >= 0.6 is 0 Å². The molecular formula is C26H25N3O2. The molecule has 156 valence electrons. The summed E-state index contributed by atoms with van der Waals surface area (Å²) in [4.78, 5) is 30.7. The van der Waals surface area contributed by atoms with E-state index in [0.717, 1.165) is 17.7 Å². The smallest absolute Gasteiger partial charge is 0.257 e. The molecule has 3 aromatic rings. The first kappa shape index (κ1) is 21.9. The first-order chi connectivity index (χ1) is 15.0. The third kappa shape index (κ3) is 6.59. The summed E-state index contributed by atoms with van der Waals surface area (Å²) in [6.45, 7) is 0.879. The van der Waals surface area contributed by atoms with Gasteiger partial charge in [0.2, 0.25) is 0 Å². The molecule has 0 unspecified atom stereocenters. The van der Waals surface area contributed by atoms with E-state index in [2.05, 4.69) is 27.3 Å². The van der Waals surface area contributed by atoms with Crippen LogP contribution in [0.15, 0.2) is 78.6 Å². The average molecular weight is 412 g/mol. The Hall–Kier alpha value is -3.83. The fourth-order valence-corrected chi connectivity index (χ4v) is 3.04. The Morgan fingerprint density at radius 3 is 2.35 bits per heavy atom. The molecule has 1 heterocycles. The van der Waals surface area contributed by atoms with Crippen molar-refractivity contribution >= 4 is 30.4 Å². The lowest BCUT2D eigenvalue weighted by Crippen LogP contribution is -2.24. The van der Waals surface area contributed by atoms with E-state index in [9.17, 15) is 9.59 Å². The molecule has 0 atom stereocenters. The highest BCUT2D eigenvalue weighted by Gasteiger charge is 2.12. The minimum absolute atomic E-state index is 0.187. The third-order valence-electron chi connectivity index (χ3n) is 4.50. The number of carbonyl (C=O) groups is 2. The van der Waals surface area contributed by atoms with Gasteiger partial charge in [-0.15, -0.1) is 0 Å². The number of hydrogen-bond acceptors (Lipinski definition) is 4. The number of allylic oxidation sites excluding steroid dienone is 1. The lowest BCUT2D eigenvalue weighted by Gasteiger charge is -2.09. The zero-order valence-corrected chi connectivity index (χ0v) is 17.7. The maximum absolute atomic E-state index is 12.8. The summed E-state index contributed by atoms with van der Waals surface area (Å²) in [7, 11) is 4.07. The van der Waals surface area contributed by atoms with Crippen LogP contribution in [0.5, 0.6) is 0 Å². The summed E-state index contributed by atoms with van der Waals surface area (Å²) in [5.74, 6) is -0.386. The second-order valence-electron chi connectivity index (χ2n) is 7.33. The molecule has 0 saturated carbocycles. The summed E-state index contributed by atoms with van der Waals surface area (Å²) in [5, 5.41) is 2.67. The van der Waals surface area contributed by atoms with Crippen LogP contribution in [0.2, 0.25) is 0 Å². The van der Waals surface area contributed by atoms with E-state index in [4.69, 9.17) is 0 Å². The Morgan fingerprint density at radius 2 is 1.68 bits per heavy atom. The second-order valence-corrected chi connectivity index (χ2v) is 7.33. The quantitative estimate of drug-likeness (QED) is 0.444. The van der Waals surface area contributed by atoms with Crippen LogP contribution in [-0.4, -0.2) is 36.2 Å². The Kier molecular flexibility index (Phi) is 7.62. The van der Waals surface area contributed by atoms with Crippen molar-refractivity contribution in [2.45, 2.75) is 6.54 Å². The van der Waals surface area contributed by atoms with Crippen LogP contribution in [0.1, 0.15) is 32.7 Å². The van der Waals surface area contributed by atoms with Gasteiger partial charge in [0.1, 0.15) is 0 Å². The van der Waals surface area contributed by atoms with Crippen LogP contribution in [0.3, 0.4) is 0 Å². The molecule has 31 heavy (non-hydrogen) atoms. The Morgan fingerprint density at radius 1 is 0.935 bits per heavy atom. The first-order valence-electron chi connectivity index (χ1n) is 9.95. The summed E-state index contributed by atoms with van der Waals surface area (Å²) in [6.07, 6.45) is 7.62. The Bertz CT molecular complexity index is 1090. The summed E-state index contributed by atoms with van der Waals surface area (Å²) < 4.78 is 0. The van der Waals surface area contributed by atoms with Gasteiger partial charge < -0.3 is 10.2 Å². The number of nitrogens with zero attached hydrogens (tertiary/aromatic N) is 2. The molecule has 0 fully saturated rings. The number of amides is 1. The standard InChI is InChI=1S/C26H25N3O2/c1-29(2)18-22-12-10-20(11-13-22)14-15-25-24(9-6-16-27-25)26(31)28-23(19-30)17-21-7-4-3-5-8-21/h3-17,19H,18H2,1-2H3,(H,28,31)/b15-14+,23-17+. The maximum atomic E-state index is 12.8. The van der Waals surface area contributed by atoms with Gasteiger partial charge in [-0.05, 0) is 55.1 Å². The van der Waals surface area contributed by atoms with Gasteiger partial charge in [0.25, 0.3) is 5.91 Å². The molecule has 0 bridgehead atoms. The van der Waals surface area contributed by atoms with Gasteiger partial charge in [0.15, 0.2) is 6.29 Å². The molecule has 0 aliphatic carbocycles. The number of benzene rings is 2. The zero-order chi connectivity index (χ0) is 22.1. The molecular weight excluding hydrogens is 386 g/mol. The van der Waals surface area contributed by atoms with E-state index in [-0.39, 0.29) is 11.6 Å². The van der Waals surface area contributed by atoms with Gasteiger partial charge in [0.05, 0.1) is 17.0 Å². The van der Waals surface area contributed by atoms with Gasteiger partial charge in [-0.3, -0.25) is 14.6 Å². The largest absolute Gasteiger partial charge is 0.319 e. The van der Waals surface area contributed by atoms with Crippen molar-refractivity contribution in [2.75, 3.05) is 14.1 Å². The van der Waals surface area contributed by atoms with E-state index < -0.39 is 0 Å². The normalized spacial score (nSPS) is 11.6. The maximum Gasteiger partial charge on any atom is 0.257 e. The van der Waals surface area contributed by atoms with E-state index in [1.807, 2.05) is 62.6 Å². The van der Waals surface area contributed by atoms with Gasteiger partial charge in [-0.1, -0.05) is 60.7 Å². The molecule has 0 spiro atoms. The first-order valence-corrected chi connectivity index (χ1v) is 9.95. The highest BCUT2D eigenvalue weighted by Crippen LogP contribution is 2.13. The van der Waals surface area contributed by atoms with Crippen LogP contribution in [0.4, 0.5) is 0 Å². The zero-order valence-electron chi connectivity index (χ0n) is 17.7. The number of hydrogen-bond donors (Lipinski definition) is 1. The van der Waals surface area contributed by atoms with E-state index in [0.29, 0.717) is 17.5 Å². The summed E-state index contributed by atoms with van der Waals surface area (Å²) in [6, 6.07) is 21.0. The molecule has 1 amide bonds. The monoisotopic (exact) mass is 411 g/mol. The van der Waals surface area contributed by atoms with Crippen molar-refractivity contribution in [1.82, 2.24) is 15.2 Å². The summed E-state index contributed by atoms with van der Waals surface area (Å²) in [5.41, 5.74) is 4.18. The fraction of sp³-hybridized carbons (Fsp3) is 0.115. The lowest BCUT2D eigenvalue weighted by molar-refractivity contribution is -0.105. The third-order valence-corrected chi connectivity index (χ3v) is 4.50. The van der Waals surface area contributed by atoms with Crippen LogP contribution in [0.25, 0.3) is 18.2 Å². The minimum atomic E-state index is -0.386. The van der Waals surface area contributed by atoms with Crippen molar-refractivity contribution in [3.05, 3.63) is 107 Å². The molecule has 1 N–H and O–H groups in total. The molecule has 1 aromatic heterocycles. The van der Waals surface area contributed by atoms with Gasteiger partial charge in [0, 0.05) is 12.7 Å². The number of aromatic nitrogens is 1. The number of carbonyl (C=O) groups excluding carboxylic acids is 2. The Labute approximate surface area is 182 Å². The van der Waals surface area contributed by atoms with Crippen molar-refractivity contribution in [1.29, 1.82) is 0 Å². The van der Waals surface area contributed by atoms with Crippen molar-refractivity contribution in [2.24, 2.45) is 0 Å². The SMILES string of the molecule is CN(C)Cc1ccc(/C=C/c2ncccc2C(=O)N/C(C=O)=C/c2ccccc2)cc1. The molecule has 0 aliphatic rings. The van der Waals surface area contributed by atoms with Gasteiger partial charge in [-0.2, -0.15) is 0 Å². The predicted molar refractivity (Wildman–Crippen MR) is 125 cm³/mol. The number of nitrogens with one attached hydrogen (secondary N) is 1. The van der Waals surface area contributed by atoms with Crippen LogP contribution < -0.4 is 5.32 Å². The number of aldehydes is 1. The number of rotatable bonds is 8. The van der Waals surface area contributed by atoms with Gasteiger partial charge >= 0.3 is 0 Å². The fourth-order valence-electron chi connectivity index (χ4n) is 3.04. The molecule has 0 aliphatic heterocycles. The van der Waals surface area contributed by atoms with Gasteiger partial charge in [-0.25, -0.2) is 0 Å². The highest BCUT2D eigenvalue weighted by molar-refractivity contribution is 6.02. The molecule has 0 radical (unpaired) electrons. The van der Waals surface area contributed by atoms with Crippen molar-refractivity contribution in [3.63, 3.8) is 0 Å². The molecule has 3 rings (SSSR count). The highest BCUT2D eigenvalue weighted by atomic mass is 16.2. The Balaban J connectivity index is 1.76. The van der Waals surface area contributed by atoms with E-state index in [1.54, 1.807) is 30.5 Å². The number of pyridine rings is 1. The second kappa shape index (κ2) is 10.8. The van der Waals surface area contributed by atoms with E-state index in [1.165, 1.54) is 5.56 Å². The predicted octanol–water partition coefficient (Wildman–Crippen LogP) is 4.28. The van der Waals surface area contributed by atoms with Crippen molar-refractivity contribution < 1.29 is 9.59 Å². The van der Waals surface area contributed by atoms with E-state index >= 15 is 0 Å². The molecule has 5 heteroatoms. The van der Waals surface area contributed by atoms with Crippen LogP contribution in [0, 0.1) is 0 Å². The molecule has 0 saturated heterocycles. The van der Waals surface area contributed by atoms with Crippen molar-refractivity contribution in [3.8, 4) is 0 Å². The summed E-state index contributed by atoms with van der Waals surface area (Å²) >= 11 is 0.